The molecule has 6 heteroatoms. The normalized spacial score (nSPS) is 18.6. The van der Waals surface area contributed by atoms with E-state index < -0.39 is 0 Å². The van der Waals surface area contributed by atoms with Crippen molar-refractivity contribution in [2.24, 2.45) is 0 Å². The number of carbonyl (C=O) groups excluding carboxylic acids is 2. The fourth-order valence-corrected chi connectivity index (χ4v) is 3.12. The number of hydrogen-bond acceptors (Lipinski definition) is 3. The molecular formula is C16H20FN3O2. The maximum Gasteiger partial charge on any atom is 0.246 e. The van der Waals surface area contributed by atoms with Crippen LogP contribution in [0.4, 0.5) is 15.8 Å². The first-order chi connectivity index (χ1) is 10.6. The third kappa shape index (κ3) is 3.21. The van der Waals surface area contributed by atoms with E-state index in [-0.39, 0.29) is 36.8 Å². The number of anilines is 2. The van der Waals surface area contributed by atoms with E-state index >= 15 is 0 Å². The summed E-state index contributed by atoms with van der Waals surface area (Å²) in [6, 6.07) is 4.38. The quantitative estimate of drug-likeness (QED) is 0.898. The predicted molar refractivity (Wildman–Crippen MR) is 82.3 cm³/mol. The largest absolute Gasteiger partial charge is 0.374 e. The molecule has 0 atom stereocenters. The summed E-state index contributed by atoms with van der Waals surface area (Å²) in [7, 11) is 0. The highest BCUT2D eigenvalue weighted by Crippen LogP contribution is 2.29. The molecule has 3 rings (SSSR count). The van der Waals surface area contributed by atoms with Crippen molar-refractivity contribution >= 4 is 23.2 Å². The van der Waals surface area contributed by atoms with E-state index in [0.717, 1.165) is 25.7 Å². The standard InChI is InChI=1S/C16H20FN3O2/c17-11-6-7-14-13(8-11)18-9-16(22)20(14)10-15(21)19-12-4-2-1-3-5-12/h6-8,12,18H,1-5,9-10H2,(H,19,21). The van der Waals surface area contributed by atoms with Crippen LogP contribution in [0.3, 0.4) is 0 Å². The zero-order valence-electron chi connectivity index (χ0n) is 12.4. The van der Waals surface area contributed by atoms with E-state index in [1.54, 1.807) is 0 Å². The van der Waals surface area contributed by atoms with E-state index in [1.165, 1.54) is 29.5 Å². The number of rotatable bonds is 3. The monoisotopic (exact) mass is 305 g/mol. The van der Waals surface area contributed by atoms with Gasteiger partial charge in [0.15, 0.2) is 0 Å². The van der Waals surface area contributed by atoms with Crippen LogP contribution in [0.2, 0.25) is 0 Å². The third-order valence-electron chi connectivity index (χ3n) is 4.25. The number of nitrogens with one attached hydrogen (secondary N) is 2. The molecule has 0 spiro atoms. The number of amides is 2. The molecule has 1 aliphatic heterocycles. The predicted octanol–water partition coefficient (Wildman–Crippen LogP) is 2.03. The van der Waals surface area contributed by atoms with Crippen molar-refractivity contribution in [1.29, 1.82) is 0 Å². The molecule has 1 heterocycles. The van der Waals surface area contributed by atoms with Gasteiger partial charge in [-0.3, -0.25) is 14.5 Å². The van der Waals surface area contributed by atoms with Gasteiger partial charge >= 0.3 is 0 Å². The fourth-order valence-electron chi connectivity index (χ4n) is 3.12. The molecule has 5 nitrogen and oxygen atoms in total. The summed E-state index contributed by atoms with van der Waals surface area (Å²) < 4.78 is 13.3. The molecule has 1 aliphatic carbocycles. The van der Waals surface area contributed by atoms with Gasteiger partial charge in [0, 0.05) is 6.04 Å². The van der Waals surface area contributed by atoms with Gasteiger partial charge < -0.3 is 10.6 Å². The number of benzene rings is 1. The maximum absolute atomic E-state index is 13.3. The van der Waals surface area contributed by atoms with Gasteiger partial charge in [-0.25, -0.2) is 4.39 Å². The summed E-state index contributed by atoms with van der Waals surface area (Å²) in [5, 5.41) is 5.88. The average Bonchev–Trinajstić information content (AvgIpc) is 2.51. The van der Waals surface area contributed by atoms with E-state index in [0.29, 0.717) is 11.4 Å². The van der Waals surface area contributed by atoms with Crippen molar-refractivity contribution < 1.29 is 14.0 Å². The van der Waals surface area contributed by atoms with Crippen LogP contribution < -0.4 is 15.5 Å². The van der Waals surface area contributed by atoms with Gasteiger partial charge in [0.1, 0.15) is 12.4 Å². The summed E-state index contributed by atoms with van der Waals surface area (Å²) in [4.78, 5) is 25.7. The maximum atomic E-state index is 13.3. The molecule has 1 aromatic rings. The van der Waals surface area contributed by atoms with E-state index in [9.17, 15) is 14.0 Å². The Hall–Kier alpha value is -2.11. The molecule has 0 saturated heterocycles. The molecule has 118 valence electrons. The van der Waals surface area contributed by atoms with Crippen LogP contribution >= 0.6 is 0 Å². The van der Waals surface area contributed by atoms with Gasteiger partial charge in [-0.2, -0.15) is 0 Å². The lowest BCUT2D eigenvalue weighted by molar-refractivity contribution is -0.123. The second-order valence-electron chi connectivity index (χ2n) is 5.90. The topological polar surface area (TPSA) is 61.4 Å². The van der Waals surface area contributed by atoms with Crippen LogP contribution in [0.25, 0.3) is 0 Å². The molecule has 1 fully saturated rings. The molecular weight excluding hydrogens is 285 g/mol. The Kier molecular flexibility index (Phi) is 4.27. The Bertz CT molecular complexity index is 585. The van der Waals surface area contributed by atoms with Gasteiger partial charge in [0.05, 0.1) is 17.9 Å². The van der Waals surface area contributed by atoms with E-state index in [4.69, 9.17) is 0 Å². The van der Waals surface area contributed by atoms with Crippen LogP contribution in [0.1, 0.15) is 32.1 Å². The van der Waals surface area contributed by atoms with Gasteiger partial charge in [-0.1, -0.05) is 19.3 Å². The minimum Gasteiger partial charge on any atom is -0.374 e. The molecule has 22 heavy (non-hydrogen) atoms. The highest BCUT2D eigenvalue weighted by atomic mass is 19.1. The third-order valence-corrected chi connectivity index (χ3v) is 4.25. The van der Waals surface area contributed by atoms with Crippen molar-refractivity contribution in [3.8, 4) is 0 Å². The van der Waals surface area contributed by atoms with Crippen LogP contribution in [0.15, 0.2) is 18.2 Å². The highest BCUT2D eigenvalue weighted by molar-refractivity contribution is 6.05. The van der Waals surface area contributed by atoms with Gasteiger partial charge in [-0.05, 0) is 31.0 Å². The average molecular weight is 305 g/mol. The highest BCUT2D eigenvalue weighted by Gasteiger charge is 2.27. The minimum atomic E-state index is -0.368. The number of halogens is 1. The van der Waals surface area contributed by atoms with Crippen LogP contribution in [-0.2, 0) is 9.59 Å². The number of carbonyl (C=O) groups is 2. The second-order valence-corrected chi connectivity index (χ2v) is 5.90. The van der Waals surface area contributed by atoms with Gasteiger partial charge in [0.25, 0.3) is 0 Å². The molecule has 2 N–H and O–H groups in total. The Balaban J connectivity index is 1.68. The van der Waals surface area contributed by atoms with Gasteiger partial charge in [-0.15, -0.1) is 0 Å². The zero-order chi connectivity index (χ0) is 15.5. The van der Waals surface area contributed by atoms with Gasteiger partial charge in [0.2, 0.25) is 11.8 Å². The molecule has 0 unspecified atom stereocenters. The van der Waals surface area contributed by atoms with Crippen molar-refractivity contribution in [2.45, 2.75) is 38.1 Å². The van der Waals surface area contributed by atoms with Crippen molar-refractivity contribution in [1.82, 2.24) is 5.32 Å². The molecule has 0 aromatic heterocycles. The first-order valence-electron chi connectivity index (χ1n) is 7.76. The van der Waals surface area contributed by atoms with Crippen molar-refractivity contribution in [2.75, 3.05) is 23.3 Å². The number of nitrogens with zero attached hydrogens (tertiary/aromatic N) is 1. The smallest absolute Gasteiger partial charge is 0.246 e. The molecule has 1 aromatic carbocycles. The summed E-state index contributed by atoms with van der Waals surface area (Å²) in [5.74, 6) is -0.706. The minimum absolute atomic E-state index is 0.0182. The van der Waals surface area contributed by atoms with Crippen LogP contribution in [-0.4, -0.2) is 30.9 Å². The Morgan fingerprint density at radius 2 is 2.09 bits per heavy atom. The molecule has 1 saturated carbocycles. The van der Waals surface area contributed by atoms with Crippen LogP contribution in [0, 0.1) is 5.82 Å². The molecule has 0 radical (unpaired) electrons. The summed E-state index contributed by atoms with van der Waals surface area (Å²) in [6.45, 7) is 0.0583. The lowest BCUT2D eigenvalue weighted by Gasteiger charge is -2.30. The summed E-state index contributed by atoms with van der Waals surface area (Å²) >= 11 is 0. The number of hydrogen-bond donors (Lipinski definition) is 2. The van der Waals surface area contributed by atoms with E-state index in [1.807, 2.05) is 0 Å². The lowest BCUT2D eigenvalue weighted by Crippen LogP contribution is -2.48. The van der Waals surface area contributed by atoms with Crippen LogP contribution in [0.5, 0.6) is 0 Å². The SMILES string of the molecule is O=C(CN1C(=O)CNc2cc(F)ccc21)NC1CCCCC1. The first-order valence-corrected chi connectivity index (χ1v) is 7.76. The number of fused-ring (bicyclic) bond motifs is 1. The zero-order valence-corrected chi connectivity index (χ0v) is 12.4. The molecule has 2 aliphatic rings. The Morgan fingerprint density at radius 1 is 1.32 bits per heavy atom. The summed E-state index contributed by atoms with van der Waals surface area (Å²) in [6.07, 6.45) is 5.51. The fraction of sp³-hybridized carbons (Fsp3) is 0.500. The Labute approximate surface area is 128 Å². The Morgan fingerprint density at radius 3 is 2.86 bits per heavy atom. The molecule has 0 bridgehead atoms. The van der Waals surface area contributed by atoms with Crippen molar-refractivity contribution in [3.63, 3.8) is 0 Å². The summed E-state index contributed by atoms with van der Waals surface area (Å²) in [5.41, 5.74) is 1.10. The van der Waals surface area contributed by atoms with Crippen molar-refractivity contribution in [3.05, 3.63) is 24.0 Å². The second kappa shape index (κ2) is 6.34. The first kappa shape index (κ1) is 14.8. The van der Waals surface area contributed by atoms with E-state index in [2.05, 4.69) is 10.6 Å². The molecule has 2 amide bonds. The lowest BCUT2D eigenvalue weighted by atomic mass is 9.95.